The van der Waals surface area contributed by atoms with Gasteiger partial charge < -0.3 is 14.8 Å². The number of methoxy groups -OCH3 is 1. The first-order chi connectivity index (χ1) is 17.5. The molecule has 5 nitrogen and oxygen atoms in total. The van der Waals surface area contributed by atoms with Crippen molar-refractivity contribution in [2.45, 2.75) is 6.61 Å². The molecule has 0 bridgehead atoms. The number of hydrogen-bond donors (Lipinski definition) is 1. The van der Waals surface area contributed by atoms with E-state index in [2.05, 4.69) is 34.6 Å². The minimum atomic E-state index is -0.243. The quantitative estimate of drug-likeness (QED) is 0.258. The molecule has 1 N–H and O–H groups in total. The summed E-state index contributed by atoms with van der Waals surface area (Å²) in [6, 6.07) is 25.1. The Labute approximate surface area is 222 Å². The standard InChI is InChI=1S/C28H20Cl2N2O3S/c1-34-24-14-17(12-13-23(24)35-16-19-8-4-7-18-6-2-3-9-20(18)19)15-25-27(33)32-28(36-25)31-22-11-5-10-21(29)26(22)30/h2-15H,16H2,1H3,(H,31,32,33)/b25-15+. The van der Waals surface area contributed by atoms with Gasteiger partial charge in [-0.1, -0.05) is 77.8 Å². The first-order valence-corrected chi connectivity index (χ1v) is 12.6. The lowest BCUT2D eigenvalue weighted by atomic mass is 10.1. The van der Waals surface area contributed by atoms with Crippen molar-refractivity contribution in [2.24, 2.45) is 4.99 Å². The van der Waals surface area contributed by atoms with Crippen LogP contribution in [-0.2, 0) is 11.4 Å². The molecule has 1 amide bonds. The van der Waals surface area contributed by atoms with Gasteiger partial charge in [-0.15, -0.1) is 0 Å². The second kappa shape index (κ2) is 10.7. The number of amides is 1. The van der Waals surface area contributed by atoms with Gasteiger partial charge >= 0.3 is 0 Å². The van der Waals surface area contributed by atoms with E-state index in [4.69, 9.17) is 32.7 Å². The minimum absolute atomic E-state index is 0.243. The van der Waals surface area contributed by atoms with Crippen LogP contribution in [0.1, 0.15) is 11.1 Å². The highest BCUT2D eigenvalue weighted by molar-refractivity contribution is 8.18. The van der Waals surface area contributed by atoms with Gasteiger partial charge in [0.2, 0.25) is 0 Å². The number of hydrogen-bond acceptors (Lipinski definition) is 5. The van der Waals surface area contributed by atoms with Gasteiger partial charge in [0.15, 0.2) is 16.7 Å². The molecular weight excluding hydrogens is 515 g/mol. The maximum absolute atomic E-state index is 12.5. The molecule has 1 aliphatic rings. The number of ether oxygens (including phenoxy) is 2. The van der Waals surface area contributed by atoms with Gasteiger partial charge in [0, 0.05) is 0 Å². The summed E-state index contributed by atoms with van der Waals surface area (Å²) in [5, 5.41) is 6.25. The van der Waals surface area contributed by atoms with Gasteiger partial charge in [0.1, 0.15) is 6.61 Å². The number of carbonyl (C=O) groups is 1. The molecule has 4 aromatic rings. The monoisotopic (exact) mass is 534 g/mol. The number of amidine groups is 1. The van der Waals surface area contributed by atoms with Crippen molar-refractivity contribution in [1.82, 2.24) is 5.32 Å². The second-order valence-electron chi connectivity index (χ2n) is 7.89. The van der Waals surface area contributed by atoms with Crippen LogP contribution >= 0.6 is 35.0 Å². The van der Waals surface area contributed by atoms with Crippen molar-refractivity contribution < 1.29 is 14.3 Å². The maximum Gasteiger partial charge on any atom is 0.264 e. The summed E-state index contributed by atoms with van der Waals surface area (Å²) in [5.74, 6) is 0.953. The molecule has 5 rings (SSSR count). The molecule has 0 atom stereocenters. The Hall–Kier alpha value is -3.45. The number of rotatable bonds is 6. The maximum atomic E-state index is 12.5. The Morgan fingerprint density at radius 2 is 1.78 bits per heavy atom. The number of halogens is 2. The van der Waals surface area contributed by atoms with E-state index in [0.717, 1.165) is 16.5 Å². The van der Waals surface area contributed by atoms with Crippen LogP contribution < -0.4 is 14.8 Å². The number of aliphatic imine (C=N–C) groups is 1. The van der Waals surface area contributed by atoms with E-state index >= 15 is 0 Å². The Bertz CT molecular complexity index is 1530. The lowest BCUT2D eigenvalue weighted by Crippen LogP contribution is -2.19. The van der Waals surface area contributed by atoms with Gasteiger partial charge in [0.25, 0.3) is 5.91 Å². The number of fused-ring (bicyclic) bond motifs is 1. The molecule has 1 saturated heterocycles. The highest BCUT2D eigenvalue weighted by atomic mass is 35.5. The predicted molar refractivity (Wildman–Crippen MR) is 149 cm³/mol. The molecule has 180 valence electrons. The van der Waals surface area contributed by atoms with Crippen LogP contribution in [-0.4, -0.2) is 18.2 Å². The van der Waals surface area contributed by atoms with Crippen molar-refractivity contribution in [3.05, 3.63) is 105 Å². The SMILES string of the molecule is COc1cc(/C=C2/SC(=Nc3cccc(Cl)c3Cl)NC2=O)ccc1OCc1cccc2ccccc12. The summed E-state index contributed by atoms with van der Waals surface area (Å²) >= 11 is 13.5. The summed E-state index contributed by atoms with van der Waals surface area (Å²) in [6.07, 6.45) is 1.78. The fourth-order valence-electron chi connectivity index (χ4n) is 3.79. The third-order valence-corrected chi connectivity index (χ3v) is 7.27. The number of nitrogens with zero attached hydrogens (tertiary/aromatic N) is 1. The molecule has 0 aromatic heterocycles. The number of nitrogens with one attached hydrogen (secondary N) is 1. The van der Waals surface area contributed by atoms with Crippen LogP contribution in [0.15, 0.2) is 88.8 Å². The number of benzene rings is 4. The van der Waals surface area contributed by atoms with E-state index < -0.39 is 0 Å². The van der Waals surface area contributed by atoms with E-state index in [1.807, 2.05) is 36.4 Å². The molecular formula is C28H20Cl2N2O3S. The van der Waals surface area contributed by atoms with Gasteiger partial charge in [-0.25, -0.2) is 4.99 Å². The number of thioether (sulfide) groups is 1. The fraction of sp³-hybridized carbons (Fsp3) is 0.0714. The highest BCUT2D eigenvalue weighted by Gasteiger charge is 2.24. The van der Waals surface area contributed by atoms with Crippen LogP contribution in [0.3, 0.4) is 0 Å². The van der Waals surface area contributed by atoms with Gasteiger partial charge in [-0.2, -0.15) is 0 Å². The van der Waals surface area contributed by atoms with E-state index in [0.29, 0.717) is 43.9 Å². The molecule has 0 saturated carbocycles. The molecule has 0 spiro atoms. The summed E-state index contributed by atoms with van der Waals surface area (Å²) < 4.78 is 11.7. The van der Waals surface area contributed by atoms with E-state index in [-0.39, 0.29) is 5.91 Å². The van der Waals surface area contributed by atoms with Crippen LogP contribution in [0.5, 0.6) is 11.5 Å². The van der Waals surface area contributed by atoms with Gasteiger partial charge in [-0.05, 0) is 64.0 Å². The summed E-state index contributed by atoms with van der Waals surface area (Å²) in [6.45, 7) is 0.405. The molecule has 1 aliphatic heterocycles. The zero-order valence-corrected chi connectivity index (χ0v) is 21.5. The average Bonchev–Trinajstić information content (AvgIpc) is 3.24. The van der Waals surface area contributed by atoms with Crippen molar-refractivity contribution in [3.63, 3.8) is 0 Å². The summed E-state index contributed by atoms with van der Waals surface area (Å²) in [7, 11) is 1.59. The third kappa shape index (κ3) is 5.21. The topological polar surface area (TPSA) is 59.9 Å². The molecule has 4 aromatic carbocycles. The molecule has 8 heteroatoms. The largest absolute Gasteiger partial charge is 0.493 e. The van der Waals surface area contributed by atoms with Crippen LogP contribution in [0.2, 0.25) is 10.0 Å². The normalized spacial score (nSPS) is 15.5. The summed E-state index contributed by atoms with van der Waals surface area (Å²) in [4.78, 5) is 17.5. The average molecular weight is 535 g/mol. The molecule has 1 fully saturated rings. The Kier molecular flexibility index (Phi) is 7.18. The minimum Gasteiger partial charge on any atom is -0.493 e. The summed E-state index contributed by atoms with van der Waals surface area (Å²) in [5.41, 5.74) is 2.37. The fourth-order valence-corrected chi connectivity index (χ4v) is 4.96. The number of carbonyl (C=O) groups excluding carboxylic acids is 1. The smallest absolute Gasteiger partial charge is 0.264 e. The van der Waals surface area contributed by atoms with E-state index in [9.17, 15) is 4.79 Å². The van der Waals surface area contributed by atoms with Crippen LogP contribution in [0, 0.1) is 0 Å². The van der Waals surface area contributed by atoms with Crippen molar-refractivity contribution in [2.75, 3.05) is 7.11 Å². The van der Waals surface area contributed by atoms with E-state index in [1.54, 1.807) is 31.4 Å². The van der Waals surface area contributed by atoms with Crippen LogP contribution in [0.25, 0.3) is 16.8 Å². The van der Waals surface area contributed by atoms with Gasteiger partial charge in [-0.3, -0.25) is 4.79 Å². The lowest BCUT2D eigenvalue weighted by molar-refractivity contribution is -0.115. The molecule has 0 unspecified atom stereocenters. The third-order valence-electron chi connectivity index (χ3n) is 5.55. The van der Waals surface area contributed by atoms with Gasteiger partial charge in [0.05, 0.1) is 27.7 Å². The van der Waals surface area contributed by atoms with Crippen molar-refractivity contribution >= 4 is 68.6 Å². The van der Waals surface area contributed by atoms with E-state index in [1.165, 1.54) is 17.1 Å². The Balaban J connectivity index is 1.34. The van der Waals surface area contributed by atoms with Crippen molar-refractivity contribution in [3.8, 4) is 11.5 Å². The molecule has 1 heterocycles. The second-order valence-corrected chi connectivity index (χ2v) is 9.71. The molecule has 36 heavy (non-hydrogen) atoms. The molecule has 0 aliphatic carbocycles. The first-order valence-electron chi connectivity index (χ1n) is 11.0. The molecule has 0 radical (unpaired) electrons. The Morgan fingerprint density at radius 3 is 2.64 bits per heavy atom. The zero-order valence-electron chi connectivity index (χ0n) is 19.1. The first kappa shape index (κ1) is 24.3. The van der Waals surface area contributed by atoms with Crippen molar-refractivity contribution in [1.29, 1.82) is 0 Å². The lowest BCUT2D eigenvalue weighted by Gasteiger charge is -2.13. The zero-order chi connectivity index (χ0) is 25.1. The highest BCUT2D eigenvalue weighted by Crippen LogP contribution is 2.36. The van der Waals surface area contributed by atoms with Crippen LogP contribution in [0.4, 0.5) is 5.69 Å². The Morgan fingerprint density at radius 1 is 0.972 bits per heavy atom. The predicted octanol–water partition coefficient (Wildman–Crippen LogP) is 7.63.